The van der Waals surface area contributed by atoms with Crippen molar-refractivity contribution in [3.63, 3.8) is 0 Å². The molecule has 3 aromatic carbocycles. The minimum absolute atomic E-state index is 0.190. The van der Waals surface area contributed by atoms with E-state index in [2.05, 4.69) is 72.9 Å². The molecule has 3 rings (SSSR count). The lowest BCUT2D eigenvalue weighted by atomic mass is 9.88. The van der Waals surface area contributed by atoms with Gasteiger partial charge in [0.2, 0.25) is 0 Å². The molecule has 0 aliphatic carbocycles. The molecular formula is C30H35NO6. The van der Waals surface area contributed by atoms with Crippen molar-refractivity contribution in [3.05, 3.63) is 108 Å². The van der Waals surface area contributed by atoms with E-state index in [1.807, 2.05) is 12.1 Å². The standard InChI is InChI=1S/C26H31NO2.C4H4O4/c1-20(13-14-21-15-16-25(28)26(19-21)29-2)27-18-17-24(22-9-5-3-6-10-22)23-11-7-4-8-12-23;5-3(6)1-2-4(7)8/h3-12,15-16,19-20,24,27-28H,13-14,17-18H2,1-2H3;1-2H,(H,5,6)(H,7,8)/b;2-1-. The van der Waals surface area contributed by atoms with E-state index in [9.17, 15) is 14.7 Å². The van der Waals surface area contributed by atoms with E-state index in [4.69, 9.17) is 14.9 Å². The van der Waals surface area contributed by atoms with E-state index in [1.165, 1.54) is 16.7 Å². The second kappa shape index (κ2) is 15.8. The summed E-state index contributed by atoms with van der Waals surface area (Å²) in [5.41, 5.74) is 3.91. The Morgan fingerprint density at radius 1 is 0.865 bits per heavy atom. The largest absolute Gasteiger partial charge is 0.504 e. The normalized spacial score (nSPS) is 11.5. The third-order valence-corrected chi connectivity index (χ3v) is 5.81. The maximum Gasteiger partial charge on any atom is 0.328 e. The highest BCUT2D eigenvalue weighted by Crippen LogP contribution is 2.28. The van der Waals surface area contributed by atoms with E-state index >= 15 is 0 Å². The van der Waals surface area contributed by atoms with Crippen LogP contribution >= 0.6 is 0 Å². The monoisotopic (exact) mass is 505 g/mol. The molecule has 0 amide bonds. The van der Waals surface area contributed by atoms with Crippen LogP contribution in [0.15, 0.2) is 91.0 Å². The number of phenolic OH excluding ortho intramolecular Hbond substituents is 1. The lowest BCUT2D eigenvalue weighted by Crippen LogP contribution is -2.28. The van der Waals surface area contributed by atoms with Gasteiger partial charge in [-0.15, -0.1) is 0 Å². The maximum absolute atomic E-state index is 9.73. The van der Waals surface area contributed by atoms with Crippen LogP contribution in [0.5, 0.6) is 11.5 Å². The number of methoxy groups -OCH3 is 1. The quantitative estimate of drug-likeness (QED) is 0.249. The number of hydrogen-bond donors (Lipinski definition) is 4. The highest BCUT2D eigenvalue weighted by atomic mass is 16.5. The molecule has 196 valence electrons. The number of rotatable bonds is 12. The van der Waals surface area contributed by atoms with Gasteiger partial charge in [-0.2, -0.15) is 0 Å². The molecule has 1 unspecified atom stereocenters. The Kier molecular flexibility index (Phi) is 12.4. The fourth-order valence-electron chi connectivity index (χ4n) is 3.88. The van der Waals surface area contributed by atoms with Crippen LogP contribution in [0.4, 0.5) is 0 Å². The van der Waals surface area contributed by atoms with Gasteiger partial charge in [0.05, 0.1) is 7.11 Å². The topological polar surface area (TPSA) is 116 Å². The van der Waals surface area contributed by atoms with Crippen molar-refractivity contribution >= 4 is 11.9 Å². The molecule has 0 aliphatic heterocycles. The van der Waals surface area contributed by atoms with Gasteiger partial charge in [0.1, 0.15) is 0 Å². The molecule has 4 N–H and O–H groups in total. The predicted molar refractivity (Wildman–Crippen MR) is 144 cm³/mol. The molecule has 0 aliphatic rings. The maximum atomic E-state index is 9.73. The molecule has 3 aromatic rings. The van der Waals surface area contributed by atoms with Gasteiger partial charge in [-0.05, 0) is 61.6 Å². The van der Waals surface area contributed by atoms with Crippen LogP contribution in [0, 0.1) is 0 Å². The number of benzene rings is 3. The second-order valence-electron chi connectivity index (χ2n) is 8.57. The zero-order valence-corrected chi connectivity index (χ0v) is 21.2. The summed E-state index contributed by atoms with van der Waals surface area (Å²) in [5.74, 6) is -1.38. The SMILES string of the molecule is COc1cc(CCC(C)NCCC(c2ccccc2)c2ccccc2)ccc1O.O=C(O)/C=C\C(=O)O. The summed E-state index contributed by atoms with van der Waals surface area (Å²) < 4.78 is 5.20. The molecule has 0 radical (unpaired) electrons. The Hall–Kier alpha value is -4.10. The third-order valence-electron chi connectivity index (χ3n) is 5.81. The van der Waals surface area contributed by atoms with Crippen molar-refractivity contribution in [1.82, 2.24) is 5.32 Å². The summed E-state index contributed by atoms with van der Waals surface area (Å²) in [6.45, 7) is 3.20. The van der Waals surface area contributed by atoms with Crippen molar-refractivity contribution in [3.8, 4) is 11.5 Å². The van der Waals surface area contributed by atoms with Crippen LogP contribution < -0.4 is 10.1 Å². The fourth-order valence-corrected chi connectivity index (χ4v) is 3.88. The molecule has 1 atom stereocenters. The first-order chi connectivity index (χ1) is 17.8. The average Bonchev–Trinajstić information content (AvgIpc) is 2.91. The number of carboxylic acids is 2. The lowest BCUT2D eigenvalue weighted by Gasteiger charge is -2.20. The lowest BCUT2D eigenvalue weighted by molar-refractivity contribution is -0.134. The third kappa shape index (κ3) is 11.0. The van der Waals surface area contributed by atoms with Gasteiger partial charge >= 0.3 is 11.9 Å². The van der Waals surface area contributed by atoms with Crippen LogP contribution in [0.25, 0.3) is 0 Å². The summed E-state index contributed by atoms with van der Waals surface area (Å²) in [7, 11) is 1.58. The van der Waals surface area contributed by atoms with E-state index in [1.54, 1.807) is 13.2 Å². The highest BCUT2D eigenvalue weighted by Gasteiger charge is 2.14. The first-order valence-corrected chi connectivity index (χ1v) is 12.1. The van der Waals surface area contributed by atoms with Crippen molar-refractivity contribution in [1.29, 1.82) is 0 Å². The Balaban J connectivity index is 0.000000521. The smallest absolute Gasteiger partial charge is 0.328 e. The molecular weight excluding hydrogens is 470 g/mol. The molecule has 0 spiro atoms. The molecule has 0 fully saturated rings. The number of aliphatic carboxylic acids is 2. The Bertz CT molecular complexity index is 1080. The molecule has 0 saturated heterocycles. The fraction of sp³-hybridized carbons (Fsp3) is 0.267. The van der Waals surface area contributed by atoms with Crippen molar-refractivity contribution in [2.45, 2.75) is 38.1 Å². The van der Waals surface area contributed by atoms with Gasteiger partial charge in [-0.1, -0.05) is 66.7 Å². The first-order valence-electron chi connectivity index (χ1n) is 12.1. The number of phenols is 1. The van der Waals surface area contributed by atoms with Gasteiger partial charge < -0.3 is 25.4 Å². The van der Waals surface area contributed by atoms with E-state index in [0.717, 1.165) is 25.8 Å². The number of aryl methyl sites for hydroxylation is 1. The van der Waals surface area contributed by atoms with Gasteiger partial charge in [0.25, 0.3) is 0 Å². The van der Waals surface area contributed by atoms with E-state index in [0.29, 0.717) is 29.9 Å². The molecule has 0 saturated carbocycles. The summed E-state index contributed by atoms with van der Waals surface area (Å²) in [6.07, 6.45) is 4.16. The van der Waals surface area contributed by atoms with Gasteiger partial charge in [-0.3, -0.25) is 0 Å². The second-order valence-corrected chi connectivity index (χ2v) is 8.57. The number of ether oxygens (including phenoxy) is 1. The van der Waals surface area contributed by atoms with Gasteiger partial charge in [-0.25, -0.2) is 9.59 Å². The first kappa shape index (κ1) is 29.1. The molecule has 7 nitrogen and oxygen atoms in total. The van der Waals surface area contributed by atoms with Crippen LogP contribution in [0.3, 0.4) is 0 Å². The number of aromatic hydroxyl groups is 1. The van der Waals surface area contributed by atoms with Gasteiger partial charge in [0, 0.05) is 24.1 Å². The number of hydrogen-bond acceptors (Lipinski definition) is 5. The van der Waals surface area contributed by atoms with E-state index in [-0.39, 0.29) is 5.75 Å². The summed E-state index contributed by atoms with van der Waals surface area (Å²) in [6, 6.07) is 27.5. The zero-order valence-electron chi connectivity index (χ0n) is 21.2. The summed E-state index contributed by atoms with van der Waals surface area (Å²) in [4.78, 5) is 19.1. The van der Waals surface area contributed by atoms with Gasteiger partial charge in [0.15, 0.2) is 11.5 Å². The van der Waals surface area contributed by atoms with Crippen molar-refractivity contribution < 1.29 is 29.6 Å². The minimum atomic E-state index is -1.26. The molecule has 7 heteroatoms. The number of carboxylic acid groups (broad SMARTS) is 2. The molecule has 0 heterocycles. The average molecular weight is 506 g/mol. The van der Waals surface area contributed by atoms with Crippen LogP contribution in [0.1, 0.15) is 42.4 Å². The molecule has 0 aromatic heterocycles. The van der Waals surface area contributed by atoms with Crippen LogP contribution in [0.2, 0.25) is 0 Å². The number of carbonyl (C=O) groups is 2. The predicted octanol–water partition coefficient (Wildman–Crippen LogP) is 5.25. The Labute approximate surface area is 218 Å². The molecule has 0 bridgehead atoms. The zero-order chi connectivity index (χ0) is 27.0. The van der Waals surface area contributed by atoms with E-state index < -0.39 is 11.9 Å². The summed E-state index contributed by atoms with van der Waals surface area (Å²) in [5, 5.41) is 29.0. The minimum Gasteiger partial charge on any atom is -0.504 e. The van der Waals surface area contributed by atoms with Crippen LogP contribution in [-0.4, -0.2) is 47.0 Å². The number of nitrogens with one attached hydrogen (secondary N) is 1. The highest BCUT2D eigenvalue weighted by molar-refractivity contribution is 5.89. The molecule has 37 heavy (non-hydrogen) atoms. The Morgan fingerprint density at radius 2 is 1.41 bits per heavy atom. The van der Waals surface area contributed by atoms with Crippen molar-refractivity contribution in [2.75, 3.05) is 13.7 Å². The summed E-state index contributed by atoms with van der Waals surface area (Å²) >= 11 is 0. The van der Waals surface area contributed by atoms with Crippen LogP contribution in [-0.2, 0) is 16.0 Å². The van der Waals surface area contributed by atoms with Crippen molar-refractivity contribution in [2.24, 2.45) is 0 Å². The Morgan fingerprint density at radius 3 is 1.89 bits per heavy atom.